The third kappa shape index (κ3) is 3.90. The Morgan fingerprint density at radius 2 is 0.872 bits per heavy atom. The van der Waals surface area contributed by atoms with Gasteiger partial charge in [0.2, 0.25) is 0 Å². The first kappa shape index (κ1) is 26.1. The Balaban J connectivity index is 1.46. The Kier molecular flexibility index (Phi) is 5.64. The van der Waals surface area contributed by atoms with Crippen molar-refractivity contribution < 1.29 is 4.42 Å². The highest BCUT2D eigenvalue weighted by molar-refractivity contribution is 6.31. The third-order valence-electron chi connectivity index (χ3n) is 9.82. The molecule has 0 N–H and O–H groups in total. The molecule has 1 heterocycles. The van der Waals surface area contributed by atoms with E-state index in [1.54, 1.807) is 0 Å². The quantitative estimate of drug-likeness (QED) is 0.185. The Labute approximate surface area is 271 Å². The number of benzene rings is 9. The number of rotatable bonds is 3. The van der Waals surface area contributed by atoms with Gasteiger partial charge in [-0.15, -0.1) is 0 Å². The second-order valence-corrected chi connectivity index (χ2v) is 12.4. The highest BCUT2D eigenvalue weighted by Crippen LogP contribution is 2.50. The molecule has 218 valence electrons. The van der Waals surface area contributed by atoms with Crippen LogP contribution >= 0.6 is 0 Å². The van der Waals surface area contributed by atoms with Crippen molar-refractivity contribution in [2.45, 2.75) is 0 Å². The second kappa shape index (κ2) is 10.2. The molecular weight excluding hydrogens is 569 g/mol. The summed E-state index contributed by atoms with van der Waals surface area (Å²) in [7, 11) is 0. The maximum absolute atomic E-state index is 6.85. The molecule has 0 spiro atoms. The fourth-order valence-electron chi connectivity index (χ4n) is 7.76. The molecule has 0 radical (unpaired) electrons. The molecule has 0 fully saturated rings. The van der Waals surface area contributed by atoms with Crippen LogP contribution in [0.2, 0.25) is 0 Å². The van der Waals surface area contributed by atoms with Crippen LogP contribution in [0, 0.1) is 0 Å². The summed E-state index contributed by atoms with van der Waals surface area (Å²) in [5, 5.41) is 12.0. The molecule has 10 rings (SSSR count). The molecule has 0 aliphatic heterocycles. The number of hydrogen-bond donors (Lipinski definition) is 0. The highest BCUT2D eigenvalue weighted by Gasteiger charge is 2.23. The van der Waals surface area contributed by atoms with E-state index in [0.29, 0.717) is 0 Å². The van der Waals surface area contributed by atoms with Gasteiger partial charge in [-0.25, -0.2) is 0 Å². The Morgan fingerprint density at radius 3 is 1.64 bits per heavy atom. The smallest absolute Gasteiger partial charge is 0.143 e. The molecule has 0 bridgehead atoms. The largest absolute Gasteiger partial charge is 0.455 e. The lowest BCUT2D eigenvalue weighted by molar-refractivity contribution is 0.673. The van der Waals surface area contributed by atoms with Gasteiger partial charge in [0, 0.05) is 21.7 Å². The van der Waals surface area contributed by atoms with Gasteiger partial charge in [0.1, 0.15) is 11.2 Å². The van der Waals surface area contributed by atoms with E-state index in [-0.39, 0.29) is 0 Å². The van der Waals surface area contributed by atoms with Crippen molar-refractivity contribution in [1.82, 2.24) is 0 Å². The first-order chi connectivity index (χ1) is 23.3. The molecule has 1 nitrogen and oxygen atoms in total. The number of furan rings is 1. The monoisotopic (exact) mass is 596 g/mol. The minimum atomic E-state index is 0.911. The fourth-order valence-corrected chi connectivity index (χ4v) is 7.76. The van der Waals surface area contributed by atoms with Gasteiger partial charge in [0.15, 0.2) is 0 Å². The van der Waals surface area contributed by atoms with Crippen molar-refractivity contribution >= 4 is 65.0 Å². The summed E-state index contributed by atoms with van der Waals surface area (Å²) in [6, 6.07) is 61.5. The normalized spacial score (nSPS) is 11.8. The maximum Gasteiger partial charge on any atom is 0.143 e. The lowest BCUT2D eigenvalue weighted by Crippen LogP contribution is -1.93. The van der Waals surface area contributed by atoms with Crippen molar-refractivity contribution in [3.05, 3.63) is 170 Å². The van der Waals surface area contributed by atoms with E-state index in [1.165, 1.54) is 71.1 Å². The lowest BCUT2D eigenvalue weighted by atomic mass is 9.82. The zero-order valence-corrected chi connectivity index (χ0v) is 25.6. The first-order valence-corrected chi connectivity index (χ1v) is 16.2. The molecule has 0 aliphatic rings. The molecule has 0 amide bonds. The van der Waals surface area contributed by atoms with Crippen molar-refractivity contribution in [3.63, 3.8) is 0 Å². The molecule has 0 unspecified atom stereocenters. The predicted molar refractivity (Wildman–Crippen MR) is 200 cm³/mol. The summed E-state index contributed by atoms with van der Waals surface area (Å²) in [6.07, 6.45) is 0. The average molecular weight is 597 g/mol. The summed E-state index contributed by atoms with van der Waals surface area (Å²) < 4.78 is 6.85. The molecule has 0 saturated carbocycles. The van der Waals surface area contributed by atoms with Crippen LogP contribution in [-0.4, -0.2) is 0 Å². The molecule has 9 aromatic carbocycles. The van der Waals surface area contributed by atoms with Gasteiger partial charge in [-0.3, -0.25) is 0 Å². The van der Waals surface area contributed by atoms with Crippen LogP contribution in [0.3, 0.4) is 0 Å². The van der Waals surface area contributed by atoms with Gasteiger partial charge < -0.3 is 4.42 Å². The Morgan fingerprint density at radius 1 is 0.298 bits per heavy atom. The second-order valence-electron chi connectivity index (χ2n) is 12.4. The summed E-state index contributed by atoms with van der Waals surface area (Å²) in [5.41, 5.74) is 9.20. The van der Waals surface area contributed by atoms with Crippen LogP contribution in [-0.2, 0) is 0 Å². The molecule has 47 heavy (non-hydrogen) atoms. The van der Waals surface area contributed by atoms with Crippen molar-refractivity contribution in [3.8, 4) is 33.4 Å². The van der Waals surface area contributed by atoms with Crippen LogP contribution in [0.1, 0.15) is 0 Å². The van der Waals surface area contributed by atoms with Gasteiger partial charge in [-0.05, 0) is 83.7 Å². The summed E-state index contributed by atoms with van der Waals surface area (Å²) in [4.78, 5) is 0. The van der Waals surface area contributed by atoms with Gasteiger partial charge in [0.05, 0.1) is 0 Å². The first-order valence-electron chi connectivity index (χ1n) is 16.2. The maximum atomic E-state index is 6.85. The third-order valence-corrected chi connectivity index (χ3v) is 9.82. The molecule has 0 atom stereocenters. The van der Waals surface area contributed by atoms with E-state index in [4.69, 9.17) is 4.42 Å². The van der Waals surface area contributed by atoms with Crippen molar-refractivity contribution in [2.75, 3.05) is 0 Å². The predicted octanol–water partition coefficient (Wildman–Crippen LogP) is 13.2. The fraction of sp³-hybridized carbons (Fsp3) is 0. The van der Waals surface area contributed by atoms with Crippen LogP contribution in [0.5, 0.6) is 0 Å². The Hall–Kier alpha value is -6.18. The van der Waals surface area contributed by atoms with E-state index < -0.39 is 0 Å². The lowest BCUT2D eigenvalue weighted by Gasteiger charge is -2.20. The topological polar surface area (TPSA) is 13.1 Å². The Bertz CT molecular complexity index is 2820. The molecule has 1 heteroatoms. The molecular formula is C46H28O. The molecule has 0 aliphatic carbocycles. The van der Waals surface area contributed by atoms with Crippen LogP contribution in [0.4, 0.5) is 0 Å². The van der Waals surface area contributed by atoms with Crippen LogP contribution in [0.25, 0.3) is 98.4 Å². The van der Waals surface area contributed by atoms with E-state index >= 15 is 0 Å². The molecule has 10 aromatic rings. The van der Waals surface area contributed by atoms with E-state index in [1.807, 2.05) is 0 Å². The standard InChI is InChI=1S/C46H28O/c1-3-13-29(14-4-1)32-24-25-38-40(27-32)43(37-22-12-11-21-36(37)42(38)31-16-5-2-6-17-31)45-34-19-9-8-18-33(34)28-41-44(45)39-26-23-30-15-7-10-20-35(30)46(39)47-41/h1-28H. The van der Waals surface area contributed by atoms with E-state index in [9.17, 15) is 0 Å². The summed E-state index contributed by atoms with van der Waals surface area (Å²) >= 11 is 0. The SMILES string of the molecule is c1ccc(-c2ccc3c(-c4ccccc4)c4ccccc4c(-c4c5ccccc5cc5oc6c7ccccc7ccc6c45)c3c2)cc1. The van der Waals surface area contributed by atoms with E-state index in [2.05, 4.69) is 170 Å². The minimum absolute atomic E-state index is 0.911. The van der Waals surface area contributed by atoms with Gasteiger partial charge >= 0.3 is 0 Å². The summed E-state index contributed by atoms with van der Waals surface area (Å²) in [5.74, 6) is 0. The zero-order valence-electron chi connectivity index (χ0n) is 25.6. The van der Waals surface area contributed by atoms with Crippen LogP contribution < -0.4 is 0 Å². The molecule has 1 aromatic heterocycles. The number of fused-ring (bicyclic) bond motifs is 8. The zero-order chi connectivity index (χ0) is 30.9. The highest BCUT2D eigenvalue weighted by atomic mass is 16.3. The van der Waals surface area contributed by atoms with Crippen molar-refractivity contribution in [1.29, 1.82) is 0 Å². The summed E-state index contributed by atoms with van der Waals surface area (Å²) in [6.45, 7) is 0. The van der Waals surface area contributed by atoms with E-state index in [0.717, 1.165) is 27.3 Å². The molecule has 0 saturated heterocycles. The van der Waals surface area contributed by atoms with Gasteiger partial charge in [-0.2, -0.15) is 0 Å². The minimum Gasteiger partial charge on any atom is -0.455 e. The van der Waals surface area contributed by atoms with Crippen LogP contribution in [0.15, 0.2) is 174 Å². The average Bonchev–Trinajstić information content (AvgIpc) is 3.52. The van der Waals surface area contributed by atoms with Gasteiger partial charge in [0.25, 0.3) is 0 Å². The number of hydrogen-bond acceptors (Lipinski definition) is 1. The van der Waals surface area contributed by atoms with Crippen molar-refractivity contribution in [2.24, 2.45) is 0 Å². The van der Waals surface area contributed by atoms with Gasteiger partial charge in [-0.1, -0.05) is 152 Å².